The van der Waals surface area contributed by atoms with Gasteiger partial charge in [-0.25, -0.2) is 0 Å². The van der Waals surface area contributed by atoms with Crippen molar-refractivity contribution in [3.63, 3.8) is 0 Å². The second-order valence-electron chi connectivity index (χ2n) is 3.49. The molecule has 0 N–H and O–H groups in total. The molecule has 0 unspecified atom stereocenters. The number of aryl methyl sites for hydroxylation is 1. The summed E-state index contributed by atoms with van der Waals surface area (Å²) >= 11 is 5.97. The molecule has 5 heteroatoms. The summed E-state index contributed by atoms with van der Waals surface area (Å²) in [6, 6.07) is 2.01. The molecule has 4 nitrogen and oxygen atoms in total. The molecule has 0 bridgehead atoms. The molecule has 0 saturated heterocycles. The van der Waals surface area contributed by atoms with Gasteiger partial charge in [-0.15, -0.1) is 0 Å². The number of aldehydes is 1. The van der Waals surface area contributed by atoms with Gasteiger partial charge in [0.25, 0.3) is 0 Å². The highest BCUT2D eigenvalue weighted by Gasteiger charge is 2.17. The fraction of sp³-hybridized carbons (Fsp3) is 0.500. The van der Waals surface area contributed by atoms with Gasteiger partial charge in [0.1, 0.15) is 5.15 Å². The highest BCUT2D eigenvalue weighted by atomic mass is 35.5. The monoisotopic (exact) mass is 225 g/mol. The van der Waals surface area contributed by atoms with Crippen LogP contribution in [0.2, 0.25) is 5.15 Å². The number of halogens is 1. The Morgan fingerprint density at radius 1 is 1.67 bits per heavy atom. The van der Waals surface area contributed by atoms with Crippen molar-refractivity contribution in [1.82, 2.24) is 9.78 Å². The minimum Gasteiger partial charge on any atom is -0.298 e. The van der Waals surface area contributed by atoms with Crippen molar-refractivity contribution in [2.24, 2.45) is 0 Å². The van der Waals surface area contributed by atoms with Crippen LogP contribution in [0.3, 0.4) is 0 Å². The van der Waals surface area contributed by atoms with Crippen LogP contribution in [0.4, 0.5) is 0 Å². The number of rotatable bonds is 4. The van der Waals surface area contributed by atoms with Gasteiger partial charge >= 0.3 is 0 Å². The largest absolute Gasteiger partial charge is 0.298 e. The van der Waals surface area contributed by atoms with E-state index in [0.29, 0.717) is 35.7 Å². The molecular weight excluding hydrogens is 214 g/mol. The molecule has 0 aliphatic heterocycles. The van der Waals surface area contributed by atoms with Crippen LogP contribution in [0.25, 0.3) is 0 Å². The molecule has 1 heterocycles. The minimum atomic E-state index is 0.144. The Labute approximate surface area is 93.5 Å². The molecule has 0 spiro atoms. The highest BCUT2D eigenvalue weighted by molar-refractivity contribution is 6.32. The Balaban J connectivity index is 3.10. The number of carbonyl (C=O) groups is 1. The number of hydrogen-bond acceptors (Lipinski definition) is 3. The van der Waals surface area contributed by atoms with E-state index in [-0.39, 0.29) is 5.92 Å². The van der Waals surface area contributed by atoms with Crippen LogP contribution < -0.4 is 0 Å². The normalized spacial score (nSPS) is 10.3. The lowest BCUT2D eigenvalue weighted by molar-refractivity contribution is 0.112. The van der Waals surface area contributed by atoms with E-state index in [1.165, 1.54) is 4.68 Å². The van der Waals surface area contributed by atoms with Crippen molar-refractivity contribution in [2.75, 3.05) is 0 Å². The molecule has 0 atom stereocenters. The van der Waals surface area contributed by atoms with Gasteiger partial charge in [-0.1, -0.05) is 25.4 Å². The Bertz CT molecular complexity index is 404. The molecule has 1 aromatic heterocycles. The lowest BCUT2D eigenvalue weighted by Gasteiger charge is -1.99. The second-order valence-corrected chi connectivity index (χ2v) is 3.85. The highest BCUT2D eigenvalue weighted by Crippen LogP contribution is 2.24. The summed E-state index contributed by atoms with van der Waals surface area (Å²) in [5.41, 5.74) is 1.12. The number of carbonyl (C=O) groups excluding carboxylic acids is 1. The first-order chi connectivity index (χ1) is 7.11. The number of aromatic nitrogens is 2. The van der Waals surface area contributed by atoms with Crippen LogP contribution in [0, 0.1) is 11.3 Å². The quantitative estimate of drug-likeness (QED) is 0.740. The van der Waals surface area contributed by atoms with Crippen LogP contribution in [0.15, 0.2) is 0 Å². The molecule has 15 heavy (non-hydrogen) atoms. The Morgan fingerprint density at radius 3 is 2.73 bits per heavy atom. The predicted molar refractivity (Wildman–Crippen MR) is 56.9 cm³/mol. The van der Waals surface area contributed by atoms with Crippen molar-refractivity contribution >= 4 is 17.9 Å². The van der Waals surface area contributed by atoms with Gasteiger partial charge in [0, 0.05) is 0 Å². The lowest BCUT2D eigenvalue weighted by Crippen LogP contribution is -2.00. The first kappa shape index (κ1) is 11.7. The smallest absolute Gasteiger partial charge is 0.155 e. The van der Waals surface area contributed by atoms with E-state index in [0.717, 1.165) is 0 Å². The van der Waals surface area contributed by atoms with E-state index < -0.39 is 0 Å². The molecule has 0 aliphatic carbocycles. The third-order valence-electron chi connectivity index (χ3n) is 2.05. The van der Waals surface area contributed by atoms with E-state index in [4.69, 9.17) is 16.9 Å². The van der Waals surface area contributed by atoms with Gasteiger partial charge in [-0.3, -0.25) is 9.48 Å². The van der Waals surface area contributed by atoms with E-state index in [2.05, 4.69) is 5.10 Å². The molecule has 0 fully saturated rings. The summed E-state index contributed by atoms with van der Waals surface area (Å²) in [4.78, 5) is 10.8. The summed E-state index contributed by atoms with van der Waals surface area (Å²) in [5.74, 6) is 0.144. The molecule has 0 radical (unpaired) electrons. The van der Waals surface area contributed by atoms with E-state index in [1.54, 1.807) is 0 Å². The zero-order valence-electron chi connectivity index (χ0n) is 8.70. The fourth-order valence-electron chi connectivity index (χ4n) is 1.31. The topological polar surface area (TPSA) is 58.7 Å². The summed E-state index contributed by atoms with van der Waals surface area (Å²) < 4.78 is 1.50. The van der Waals surface area contributed by atoms with Gasteiger partial charge in [0.2, 0.25) is 0 Å². The molecular formula is C10H12ClN3O. The van der Waals surface area contributed by atoms with Crippen LogP contribution in [0.1, 0.15) is 42.2 Å². The van der Waals surface area contributed by atoms with E-state index in [1.807, 2.05) is 19.9 Å². The Morgan fingerprint density at radius 2 is 2.33 bits per heavy atom. The molecule has 0 amide bonds. The van der Waals surface area contributed by atoms with Gasteiger partial charge in [-0.05, 0) is 5.92 Å². The number of hydrogen-bond donors (Lipinski definition) is 0. The molecule has 0 saturated carbocycles. The summed E-state index contributed by atoms with van der Waals surface area (Å²) in [6.07, 6.45) is 1.05. The maximum absolute atomic E-state index is 10.8. The van der Waals surface area contributed by atoms with Crippen molar-refractivity contribution in [3.05, 3.63) is 16.4 Å². The molecule has 80 valence electrons. The first-order valence-electron chi connectivity index (χ1n) is 4.70. The van der Waals surface area contributed by atoms with Crippen LogP contribution in [-0.2, 0) is 6.54 Å². The maximum Gasteiger partial charge on any atom is 0.155 e. The lowest BCUT2D eigenvalue weighted by atomic mass is 10.1. The van der Waals surface area contributed by atoms with Crippen molar-refractivity contribution in [1.29, 1.82) is 5.26 Å². The van der Waals surface area contributed by atoms with Gasteiger partial charge in [-0.2, -0.15) is 10.4 Å². The Hall–Kier alpha value is -1.34. The van der Waals surface area contributed by atoms with Gasteiger partial charge < -0.3 is 0 Å². The van der Waals surface area contributed by atoms with Gasteiger partial charge in [0.15, 0.2) is 6.29 Å². The Kier molecular flexibility index (Phi) is 3.87. The summed E-state index contributed by atoms with van der Waals surface area (Å²) in [6.45, 7) is 4.31. The average Bonchev–Trinajstić information content (AvgIpc) is 2.52. The van der Waals surface area contributed by atoms with Crippen molar-refractivity contribution in [3.8, 4) is 6.07 Å². The van der Waals surface area contributed by atoms with Crippen molar-refractivity contribution in [2.45, 2.75) is 32.7 Å². The first-order valence-corrected chi connectivity index (χ1v) is 5.08. The summed E-state index contributed by atoms with van der Waals surface area (Å²) in [5, 5.41) is 13.0. The summed E-state index contributed by atoms with van der Waals surface area (Å²) in [7, 11) is 0. The van der Waals surface area contributed by atoms with Crippen LogP contribution in [-0.4, -0.2) is 16.1 Å². The predicted octanol–water partition coefficient (Wildman–Crippen LogP) is 2.39. The second kappa shape index (κ2) is 4.94. The molecule has 0 aromatic carbocycles. The minimum absolute atomic E-state index is 0.144. The fourth-order valence-corrected chi connectivity index (χ4v) is 1.58. The average molecular weight is 226 g/mol. The third kappa shape index (κ3) is 2.37. The molecule has 0 aliphatic rings. The molecule has 1 rings (SSSR count). The SMILES string of the molecule is CC(C)c1nn(CCC#N)c(Cl)c1C=O. The molecule has 1 aromatic rings. The third-order valence-corrected chi connectivity index (χ3v) is 2.45. The van der Waals surface area contributed by atoms with Crippen LogP contribution >= 0.6 is 11.6 Å². The van der Waals surface area contributed by atoms with E-state index in [9.17, 15) is 4.79 Å². The zero-order valence-corrected chi connectivity index (χ0v) is 9.45. The number of nitriles is 1. The zero-order chi connectivity index (χ0) is 11.4. The van der Waals surface area contributed by atoms with Crippen LogP contribution in [0.5, 0.6) is 0 Å². The maximum atomic E-state index is 10.8. The van der Waals surface area contributed by atoms with E-state index >= 15 is 0 Å². The van der Waals surface area contributed by atoms with Gasteiger partial charge in [0.05, 0.1) is 30.3 Å². The number of nitrogens with zero attached hydrogens (tertiary/aromatic N) is 3. The van der Waals surface area contributed by atoms with Crippen molar-refractivity contribution < 1.29 is 4.79 Å². The standard InChI is InChI=1S/C10H12ClN3O/c1-7(2)9-8(6-15)10(11)14(13-9)5-3-4-12/h6-7H,3,5H2,1-2H3.